The number of carbonyl (C=O) groups excluding carboxylic acids is 1. The highest BCUT2D eigenvalue weighted by atomic mass is 35.7. The molecule has 23 heavy (non-hydrogen) atoms. The highest BCUT2D eigenvalue weighted by Crippen LogP contribution is 2.22. The van der Waals surface area contributed by atoms with E-state index >= 15 is 0 Å². The maximum Gasteiger partial charge on any atom is 0.314 e. The molecule has 0 bridgehead atoms. The van der Waals surface area contributed by atoms with Crippen LogP contribution in [0.3, 0.4) is 0 Å². The number of sulfonamides is 1. The number of halogens is 1. The van der Waals surface area contributed by atoms with Crippen LogP contribution in [0.15, 0.2) is 24.3 Å². The molecule has 0 amide bonds. The molecule has 0 aliphatic carbocycles. The molecule has 1 aromatic rings. The van der Waals surface area contributed by atoms with Gasteiger partial charge in [-0.05, 0) is 18.1 Å². The van der Waals surface area contributed by atoms with Crippen molar-refractivity contribution in [2.24, 2.45) is 0 Å². The number of esters is 1. The molecule has 0 spiro atoms. The van der Waals surface area contributed by atoms with Gasteiger partial charge in [-0.3, -0.25) is 4.79 Å². The van der Waals surface area contributed by atoms with Crippen molar-refractivity contribution in [1.29, 1.82) is 0 Å². The largest absolute Gasteiger partial charge is 0.465 e. The highest BCUT2D eigenvalue weighted by Gasteiger charge is 2.27. The van der Waals surface area contributed by atoms with E-state index in [1.807, 2.05) is 0 Å². The molecule has 1 rings (SSSR count). The quantitative estimate of drug-likeness (QED) is 0.529. The second kappa shape index (κ2) is 8.09. The maximum atomic E-state index is 12.0. The Balaban J connectivity index is 3.08. The number of ether oxygens (including phenoxy) is 1. The van der Waals surface area contributed by atoms with Gasteiger partial charge in [-0.2, -0.15) is 0 Å². The Labute approximate surface area is 140 Å². The monoisotopic (exact) mass is 383 g/mol. The van der Waals surface area contributed by atoms with Gasteiger partial charge in [0.1, 0.15) is 0 Å². The molecule has 0 aliphatic rings. The summed E-state index contributed by atoms with van der Waals surface area (Å²) >= 11 is 0. The second-order valence-corrected chi connectivity index (χ2v) is 9.50. The summed E-state index contributed by atoms with van der Waals surface area (Å²) in [6, 6.07) is 6.36. The summed E-state index contributed by atoms with van der Waals surface area (Å²) in [7, 11) is -2.04. The van der Waals surface area contributed by atoms with E-state index in [0.29, 0.717) is 11.1 Å². The van der Waals surface area contributed by atoms with Gasteiger partial charge in [-0.15, -0.1) is 0 Å². The average Bonchev–Trinajstić information content (AvgIpc) is 2.41. The minimum absolute atomic E-state index is 0.0237. The van der Waals surface area contributed by atoms with Crippen LogP contribution in [-0.2, 0) is 35.2 Å². The molecular formula is C13H18ClNO6S2. The number of carbonyl (C=O) groups is 1. The third-order valence-electron chi connectivity index (χ3n) is 2.83. The van der Waals surface area contributed by atoms with Crippen molar-refractivity contribution in [2.75, 3.05) is 18.6 Å². The first kappa shape index (κ1) is 19.9. The van der Waals surface area contributed by atoms with Crippen LogP contribution in [-0.4, -0.2) is 41.4 Å². The summed E-state index contributed by atoms with van der Waals surface area (Å²) in [6.45, 7) is 1.74. The summed E-state index contributed by atoms with van der Waals surface area (Å²) in [6.07, 6.45) is 1.03. The molecule has 1 aromatic carbocycles. The third kappa shape index (κ3) is 7.78. The Hall–Kier alpha value is -1.16. The minimum Gasteiger partial charge on any atom is -0.465 e. The van der Waals surface area contributed by atoms with Crippen LogP contribution in [0.2, 0.25) is 0 Å². The lowest BCUT2D eigenvalue weighted by Gasteiger charge is -2.15. The smallest absolute Gasteiger partial charge is 0.314 e. The highest BCUT2D eigenvalue weighted by molar-refractivity contribution is 8.13. The van der Waals surface area contributed by atoms with Gasteiger partial charge in [-0.25, -0.2) is 21.6 Å². The molecule has 0 radical (unpaired) electrons. The van der Waals surface area contributed by atoms with E-state index < -0.39 is 36.7 Å². The van der Waals surface area contributed by atoms with Gasteiger partial charge in [0, 0.05) is 17.2 Å². The summed E-state index contributed by atoms with van der Waals surface area (Å²) < 4.78 is 52.1. The zero-order chi connectivity index (χ0) is 17.7. The van der Waals surface area contributed by atoms with Crippen molar-refractivity contribution in [3.05, 3.63) is 35.4 Å². The van der Waals surface area contributed by atoms with Crippen LogP contribution < -0.4 is 4.72 Å². The number of hydrogen-bond donors (Lipinski definition) is 1. The van der Waals surface area contributed by atoms with Crippen LogP contribution in [0.1, 0.15) is 24.0 Å². The van der Waals surface area contributed by atoms with Crippen molar-refractivity contribution < 1.29 is 26.4 Å². The standard InChI is InChI=1S/C13H18ClNO6S2/c1-3-21-13(16)12(9-23(14,19)20)11-6-4-5-10(7-11)8-15-22(2,17)18/h4-7,12,15H,3,8-9H2,1-2H3. The predicted molar refractivity (Wildman–Crippen MR) is 87.1 cm³/mol. The first-order valence-electron chi connectivity index (χ1n) is 6.64. The summed E-state index contributed by atoms with van der Waals surface area (Å²) in [5, 5.41) is 0. The SMILES string of the molecule is CCOC(=O)C(CS(=O)(=O)Cl)c1cccc(CNS(C)(=O)=O)c1. The molecule has 0 fully saturated rings. The van der Waals surface area contributed by atoms with Crippen LogP contribution in [0.5, 0.6) is 0 Å². The van der Waals surface area contributed by atoms with Crippen LogP contribution in [0.4, 0.5) is 0 Å². The molecule has 10 heteroatoms. The first-order valence-corrected chi connectivity index (χ1v) is 11.0. The molecule has 0 saturated carbocycles. The minimum atomic E-state index is -3.92. The molecule has 7 nitrogen and oxygen atoms in total. The molecule has 0 heterocycles. The topological polar surface area (TPSA) is 107 Å². The molecule has 0 aliphatic heterocycles. The van der Waals surface area contributed by atoms with E-state index in [-0.39, 0.29) is 13.2 Å². The third-order valence-corrected chi connectivity index (χ3v) is 4.61. The van der Waals surface area contributed by atoms with E-state index in [9.17, 15) is 21.6 Å². The van der Waals surface area contributed by atoms with Gasteiger partial charge in [0.05, 0.1) is 24.5 Å². The van der Waals surface area contributed by atoms with Gasteiger partial charge >= 0.3 is 5.97 Å². The lowest BCUT2D eigenvalue weighted by Crippen LogP contribution is -2.23. The van der Waals surface area contributed by atoms with Gasteiger partial charge in [0.2, 0.25) is 19.1 Å². The zero-order valence-corrected chi connectivity index (χ0v) is 15.0. The van der Waals surface area contributed by atoms with E-state index in [2.05, 4.69) is 4.72 Å². The summed E-state index contributed by atoms with van der Waals surface area (Å²) in [4.78, 5) is 12.0. The maximum absolute atomic E-state index is 12.0. The predicted octanol–water partition coefficient (Wildman–Crippen LogP) is 0.951. The molecular weight excluding hydrogens is 366 g/mol. The van der Waals surface area contributed by atoms with E-state index in [0.717, 1.165) is 6.26 Å². The zero-order valence-electron chi connectivity index (χ0n) is 12.7. The average molecular weight is 384 g/mol. The second-order valence-electron chi connectivity index (χ2n) is 4.85. The Morgan fingerprint density at radius 3 is 2.48 bits per heavy atom. The number of nitrogens with one attached hydrogen (secondary N) is 1. The fourth-order valence-corrected chi connectivity index (χ4v) is 3.41. The Morgan fingerprint density at radius 1 is 1.30 bits per heavy atom. The van der Waals surface area contributed by atoms with Crippen LogP contribution in [0.25, 0.3) is 0 Å². The van der Waals surface area contributed by atoms with Crippen LogP contribution >= 0.6 is 10.7 Å². The fourth-order valence-electron chi connectivity index (χ4n) is 1.88. The first-order chi connectivity index (χ1) is 10.5. The van der Waals surface area contributed by atoms with Crippen molar-refractivity contribution in [3.63, 3.8) is 0 Å². The van der Waals surface area contributed by atoms with E-state index in [1.54, 1.807) is 31.2 Å². The number of rotatable bonds is 8. The van der Waals surface area contributed by atoms with Gasteiger partial charge in [0.25, 0.3) is 0 Å². The van der Waals surface area contributed by atoms with Crippen molar-refractivity contribution >= 4 is 35.7 Å². The van der Waals surface area contributed by atoms with Crippen molar-refractivity contribution in [2.45, 2.75) is 19.4 Å². The number of benzene rings is 1. The van der Waals surface area contributed by atoms with Crippen molar-refractivity contribution in [1.82, 2.24) is 4.72 Å². The van der Waals surface area contributed by atoms with Gasteiger partial charge in [0.15, 0.2) is 0 Å². The van der Waals surface area contributed by atoms with Gasteiger partial charge in [-0.1, -0.05) is 24.3 Å². The Bertz CT molecular complexity index is 760. The molecule has 0 saturated heterocycles. The molecule has 1 unspecified atom stereocenters. The Morgan fingerprint density at radius 2 is 1.96 bits per heavy atom. The van der Waals surface area contributed by atoms with Crippen LogP contribution in [0, 0.1) is 0 Å². The summed E-state index contributed by atoms with van der Waals surface area (Å²) in [5.41, 5.74) is 0.967. The van der Waals surface area contributed by atoms with Crippen molar-refractivity contribution in [3.8, 4) is 0 Å². The molecule has 130 valence electrons. The van der Waals surface area contributed by atoms with Gasteiger partial charge < -0.3 is 4.74 Å². The Kier molecular flexibility index (Phi) is 7.00. The normalized spacial score (nSPS) is 13.5. The van der Waals surface area contributed by atoms with E-state index in [4.69, 9.17) is 15.4 Å². The lowest BCUT2D eigenvalue weighted by atomic mass is 9.99. The fraction of sp³-hybridized carbons (Fsp3) is 0.462. The molecule has 0 aromatic heterocycles. The summed E-state index contributed by atoms with van der Waals surface area (Å²) in [5.74, 6) is -2.38. The number of hydrogen-bond acceptors (Lipinski definition) is 6. The molecule has 1 atom stereocenters. The molecule has 1 N–H and O–H groups in total. The van der Waals surface area contributed by atoms with E-state index in [1.165, 1.54) is 0 Å². The lowest BCUT2D eigenvalue weighted by molar-refractivity contribution is -0.144.